The van der Waals surface area contributed by atoms with Gasteiger partial charge in [0.2, 0.25) is 0 Å². The number of ether oxygens (including phenoxy) is 1. The second-order valence-electron chi connectivity index (χ2n) is 5.81. The van der Waals surface area contributed by atoms with Gasteiger partial charge >= 0.3 is 0 Å². The van der Waals surface area contributed by atoms with Crippen molar-refractivity contribution in [1.82, 2.24) is 10.2 Å². The fraction of sp³-hybridized carbons (Fsp3) is 0.368. The first kappa shape index (κ1) is 26.1. The zero-order valence-corrected chi connectivity index (χ0v) is 17.1. The van der Waals surface area contributed by atoms with Crippen LogP contribution in [-0.2, 0) is 14.3 Å². The van der Waals surface area contributed by atoms with Gasteiger partial charge in [-0.3, -0.25) is 4.79 Å². The van der Waals surface area contributed by atoms with Crippen LogP contribution in [0.3, 0.4) is 0 Å². The van der Waals surface area contributed by atoms with E-state index in [1.807, 2.05) is 0 Å². The number of aliphatic imine (C=N–C) groups is 1. The number of nitrogens with one attached hydrogen (secondary N) is 1. The van der Waals surface area contributed by atoms with E-state index < -0.39 is 12.5 Å². The molecule has 0 rings (SSSR count). The summed E-state index contributed by atoms with van der Waals surface area (Å²) < 4.78 is 30.7. The zero-order valence-electron chi connectivity index (χ0n) is 16.4. The first-order chi connectivity index (χ1) is 13.6. The Balaban J connectivity index is 5.31. The van der Waals surface area contributed by atoms with Crippen molar-refractivity contribution >= 4 is 29.8 Å². The molecule has 0 unspecified atom stereocenters. The number of carbonyl (C=O) groups excluding carboxylic acids is 2. The van der Waals surface area contributed by atoms with Crippen LogP contribution in [0, 0.1) is 0 Å². The van der Waals surface area contributed by atoms with Gasteiger partial charge in [-0.25, -0.2) is 18.6 Å². The number of rotatable bonds is 13. The third-order valence-corrected chi connectivity index (χ3v) is 3.39. The quantitative estimate of drug-likeness (QED) is 0.0681. The maximum Gasteiger partial charge on any atom is 0.264 e. The minimum atomic E-state index is -2.95. The van der Waals surface area contributed by atoms with Gasteiger partial charge in [0, 0.05) is 36.7 Å². The Kier molecular flexibility index (Phi) is 12.0. The molecule has 29 heavy (non-hydrogen) atoms. The Labute approximate surface area is 173 Å². The van der Waals surface area contributed by atoms with E-state index in [4.69, 9.17) is 22.1 Å². The highest BCUT2D eigenvalue weighted by Crippen LogP contribution is 2.25. The molecule has 0 aromatic heterocycles. The standard InChI is InChI=1S/C19H25ClF2N4O3/c1-14(20)12-16(15(2)29-4)17(6-10-27)26(9-11-28)8-5-7-24-18(23)25-13-19(3,21)22/h6,9-10,12H,1-2,5,7-8,13H2,3-4H3,(H3,23,24,25)/b16-12+,17-6-. The Morgan fingerprint density at radius 3 is 2.59 bits per heavy atom. The number of allylic oxidation sites excluding steroid dienone is 3. The third kappa shape index (κ3) is 11.5. The van der Waals surface area contributed by atoms with Gasteiger partial charge in [0.15, 0.2) is 5.96 Å². The lowest BCUT2D eigenvalue weighted by molar-refractivity contribution is -0.104. The van der Waals surface area contributed by atoms with Gasteiger partial charge in [-0.1, -0.05) is 24.8 Å². The van der Waals surface area contributed by atoms with Gasteiger partial charge in [0.25, 0.3) is 5.92 Å². The van der Waals surface area contributed by atoms with Crippen LogP contribution in [0.5, 0.6) is 0 Å². The number of guanidine groups is 1. The van der Waals surface area contributed by atoms with Crippen LogP contribution in [0.1, 0.15) is 13.3 Å². The van der Waals surface area contributed by atoms with Crippen molar-refractivity contribution < 1.29 is 23.1 Å². The maximum absolute atomic E-state index is 12.8. The highest BCUT2D eigenvalue weighted by molar-refractivity contribution is 6.31. The zero-order chi connectivity index (χ0) is 22.4. The summed E-state index contributed by atoms with van der Waals surface area (Å²) in [5.74, 6) is -1.24. The van der Waals surface area contributed by atoms with E-state index >= 15 is 0 Å². The van der Waals surface area contributed by atoms with Crippen molar-refractivity contribution in [1.29, 1.82) is 0 Å². The maximum atomic E-state index is 12.8. The van der Waals surface area contributed by atoms with E-state index in [2.05, 4.69) is 23.5 Å². The number of methoxy groups -OCH3 is 1. The lowest BCUT2D eigenvalue weighted by Crippen LogP contribution is -2.35. The Morgan fingerprint density at radius 1 is 1.45 bits per heavy atom. The molecule has 7 nitrogen and oxygen atoms in total. The fourth-order valence-electron chi connectivity index (χ4n) is 2.03. The minimum Gasteiger partial charge on any atom is -0.497 e. The van der Waals surface area contributed by atoms with Gasteiger partial charge in [0.1, 0.15) is 24.5 Å². The number of halogens is 3. The van der Waals surface area contributed by atoms with Gasteiger partial charge in [0.05, 0.1) is 19.0 Å². The summed E-state index contributed by atoms with van der Waals surface area (Å²) >= 11 is 5.84. The van der Waals surface area contributed by atoms with Gasteiger partial charge in [-0.05, 0) is 12.5 Å². The van der Waals surface area contributed by atoms with Gasteiger partial charge in [-0.2, -0.15) is 0 Å². The predicted octanol–water partition coefficient (Wildman–Crippen LogP) is 2.51. The second-order valence-corrected chi connectivity index (χ2v) is 6.30. The predicted molar refractivity (Wildman–Crippen MR) is 110 cm³/mol. The molecule has 0 aromatic rings. The number of aldehydes is 1. The highest BCUT2D eigenvalue weighted by Gasteiger charge is 2.20. The van der Waals surface area contributed by atoms with E-state index in [0.29, 0.717) is 18.3 Å². The smallest absolute Gasteiger partial charge is 0.264 e. The molecule has 0 atom stereocenters. The topological polar surface area (TPSA) is 97.0 Å². The summed E-state index contributed by atoms with van der Waals surface area (Å²) in [6, 6.07) is 0. The van der Waals surface area contributed by atoms with Crippen LogP contribution in [0.4, 0.5) is 8.78 Å². The average molecular weight is 431 g/mol. The summed E-state index contributed by atoms with van der Waals surface area (Å²) in [5, 5.41) is 2.85. The Hall–Kier alpha value is -2.90. The molecular weight excluding hydrogens is 406 g/mol. The summed E-state index contributed by atoms with van der Waals surface area (Å²) in [6.07, 6.45) is 4.67. The highest BCUT2D eigenvalue weighted by atomic mass is 35.5. The lowest BCUT2D eigenvalue weighted by atomic mass is 10.1. The first-order valence-corrected chi connectivity index (χ1v) is 8.78. The van der Waals surface area contributed by atoms with E-state index in [0.717, 1.165) is 13.1 Å². The average Bonchev–Trinajstić information content (AvgIpc) is 2.64. The van der Waals surface area contributed by atoms with Crippen molar-refractivity contribution in [2.75, 3.05) is 26.7 Å². The van der Waals surface area contributed by atoms with E-state index in [-0.39, 0.29) is 35.5 Å². The van der Waals surface area contributed by atoms with Gasteiger partial charge in [-0.15, -0.1) is 0 Å². The summed E-state index contributed by atoms with van der Waals surface area (Å²) in [5.41, 5.74) is 6.15. The third-order valence-electron chi connectivity index (χ3n) is 3.28. The fourth-order valence-corrected chi connectivity index (χ4v) is 2.14. The molecule has 160 valence electrons. The molecular formula is C19H25ClF2N4O3. The lowest BCUT2D eigenvalue weighted by Gasteiger charge is -2.25. The second kappa shape index (κ2) is 13.3. The number of nitrogens with two attached hydrogens (primary N) is 1. The molecule has 0 saturated carbocycles. The van der Waals surface area contributed by atoms with Crippen molar-refractivity contribution in [3.8, 4) is 0 Å². The molecule has 0 aliphatic carbocycles. The summed E-state index contributed by atoms with van der Waals surface area (Å²) in [6.45, 7) is 7.83. The Morgan fingerprint density at radius 2 is 2.10 bits per heavy atom. The molecule has 0 aromatic carbocycles. The molecule has 0 heterocycles. The molecule has 0 aliphatic rings. The number of hydrogen-bond donors (Lipinski definition) is 2. The van der Waals surface area contributed by atoms with Crippen molar-refractivity contribution in [3.63, 3.8) is 0 Å². The molecule has 0 amide bonds. The first-order valence-electron chi connectivity index (χ1n) is 8.40. The molecule has 0 saturated heterocycles. The normalized spacial score (nSPS) is 12.7. The monoisotopic (exact) mass is 430 g/mol. The van der Waals surface area contributed by atoms with E-state index in [9.17, 15) is 18.4 Å². The summed E-state index contributed by atoms with van der Waals surface area (Å²) in [7, 11) is 1.39. The van der Waals surface area contributed by atoms with Crippen LogP contribution in [0.25, 0.3) is 0 Å². The largest absolute Gasteiger partial charge is 0.497 e. The SMILES string of the molecule is C=C(Cl)/C=C(C(=C)OC)/C(=C/C=O)N(C=C=O)CCCNC(N)=NCC(C)(F)F. The Bertz CT molecular complexity index is 736. The number of nitrogens with zero attached hydrogens (tertiary/aromatic N) is 2. The molecule has 10 heteroatoms. The van der Waals surface area contributed by atoms with E-state index in [1.54, 1.807) is 5.94 Å². The number of alkyl halides is 2. The van der Waals surface area contributed by atoms with Gasteiger partial charge < -0.3 is 20.7 Å². The molecule has 0 fully saturated rings. The van der Waals surface area contributed by atoms with Crippen LogP contribution >= 0.6 is 11.6 Å². The molecule has 0 aliphatic heterocycles. The molecule has 0 radical (unpaired) electrons. The van der Waals surface area contributed by atoms with Crippen LogP contribution in [0.15, 0.2) is 58.6 Å². The van der Waals surface area contributed by atoms with Crippen LogP contribution < -0.4 is 11.1 Å². The van der Waals surface area contributed by atoms with Crippen molar-refractivity contribution in [3.05, 3.63) is 53.6 Å². The molecule has 0 spiro atoms. The molecule has 0 bridgehead atoms. The van der Waals surface area contributed by atoms with E-state index in [1.165, 1.54) is 24.2 Å². The van der Waals surface area contributed by atoms with Crippen molar-refractivity contribution in [2.24, 2.45) is 10.7 Å². The number of hydrogen-bond acceptors (Lipinski definition) is 5. The van der Waals surface area contributed by atoms with Crippen LogP contribution in [0.2, 0.25) is 0 Å². The summed E-state index contributed by atoms with van der Waals surface area (Å²) in [4.78, 5) is 27.0. The number of carbonyl (C=O) groups is 1. The minimum absolute atomic E-state index is 0.126. The van der Waals surface area contributed by atoms with Crippen LogP contribution in [-0.4, -0.2) is 55.8 Å². The van der Waals surface area contributed by atoms with Crippen molar-refractivity contribution in [2.45, 2.75) is 19.3 Å². The molecule has 3 N–H and O–H groups in total.